The molecule has 2 fully saturated rings. The Kier molecular flexibility index (Phi) is 4.95. The normalized spacial score (nSPS) is 23.8. The zero-order valence-corrected chi connectivity index (χ0v) is 14.7. The molecule has 0 saturated carbocycles. The molecule has 4 rings (SSSR count). The number of aromatic nitrogens is 2. The van der Waals surface area contributed by atoms with Gasteiger partial charge in [0.25, 0.3) is 0 Å². The largest absolute Gasteiger partial charge is 0.350 e. The summed E-state index contributed by atoms with van der Waals surface area (Å²) in [5.41, 5.74) is 2.95. The predicted molar refractivity (Wildman–Crippen MR) is 100 cm³/mol. The van der Waals surface area contributed by atoms with Crippen LogP contribution < -0.4 is 10.6 Å². The third kappa shape index (κ3) is 4.17. The molecule has 1 atom stereocenters. The summed E-state index contributed by atoms with van der Waals surface area (Å²) in [6, 6.07) is 10.3. The SMILES string of the molecule is c1ccc(CNc2ncc(CN3CCC[C@]4(CCNC4)C3)cn2)cc1. The third-order valence-corrected chi connectivity index (χ3v) is 5.48. The van der Waals surface area contributed by atoms with Gasteiger partial charge in [-0.1, -0.05) is 30.3 Å². The summed E-state index contributed by atoms with van der Waals surface area (Å²) < 4.78 is 0. The number of rotatable bonds is 5. The Balaban J connectivity index is 1.31. The molecule has 2 aliphatic rings. The average Bonchev–Trinajstić information content (AvgIpc) is 3.09. The first kappa shape index (κ1) is 16.5. The fourth-order valence-corrected chi connectivity index (χ4v) is 4.15. The van der Waals surface area contributed by atoms with Crippen LogP contribution >= 0.6 is 0 Å². The molecular weight excluding hydrogens is 310 g/mol. The maximum absolute atomic E-state index is 4.49. The fourth-order valence-electron chi connectivity index (χ4n) is 4.15. The van der Waals surface area contributed by atoms with Crippen LogP contribution in [-0.2, 0) is 13.1 Å². The maximum Gasteiger partial charge on any atom is 0.222 e. The van der Waals surface area contributed by atoms with Gasteiger partial charge in [0.1, 0.15) is 0 Å². The van der Waals surface area contributed by atoms with Crippen molar-refractivity contribution in [1.29, 1.82) is 0 Å². The first-order chi connectivity index (χ1) is 12.3. The van der Waals surface area contributed by atoms with Crippen LogP contribution in [0.4, 0.5) is 5.95 Å². The molecule has 5 nitrogen and oxygen atoms in total. The van der Waals surface area contributed by atoms with Gasteiger partial charge < -0.3 is 10.6 Å². The summed E-state index contributed by atoms with van der Waals surface area (Å²) in [5.74, 6) is 0.697. The molecule has 1 spiro atoms. The van der Waals surface area contributed by atoms with Gasteiger partial charge in [-0.2, -0.15) is 0 Å². The van der Waals surface area contributed by atoms with E-state index in [0.29, 0.717) is 11.4 Å². The van der Waals surface area contributed by atoms with Crippen LogP contribution in [0.1, 0.15) is 30.4 Å². The Hall–Kier alpha value is -1.98. The number of piperidine rings is 1. The summed E-state index contributed by atoms with van der Waals surface area (Å²) in [6.45, 7) is 6.47. The average molecular weight is 337 g/mol. The van der Waals surface area contributed by atoms with Gasteiger partial charge in [-0.25, -0.2) is 9.97 Å². The van der Waals surface area contributed by atoms with E-state index >= 15 is 0 Å². The van der Waals surface area contributed by atoms with Crippen LogP contribution in [0.3, 0.4) is 0 Å². The lowest BCUT2D eigenvalue weighted by atomic mass is 9.79. The maximum atomic E-state index is 4.49. The lowest BCUT2D eigenvalue weighted by Crippen LogP contribution is -2.44. The molecule has 2 N–H and O–H groups in total. The molecule has 0 aliphatic carbocycles. The van der Waals surface area contributed by atoms with Crippen molar-refractivity contribution in [3.63, 3.8) is 0 Å². The summed E-state index contributed by atoms with van der Waals surface area (Å²) in [6.07, 6.45) is 7.93. The van der Waals surface area contributed by atoms with Gasteiger partial charge in [0, 0.05) is 44.1 Å². The molecule has 2 saturated heterocycles. The lowest BCUT2D eigenvalue weighted by Gasteiger charge is -2.40. The minimum Gasteiger partial charge on any atom is -0.350 e. The van der Waals surface area contributed by atoms with Crippen molar-refractivity contribution in [2.75, 3.05) is 31.5 Å². The zero-order valence-electron chi connectivity index (χ0n) is 14.7. The summed E-state index contributed by atoms with van der Waals surface area (Å²) in [5, 5.41) is 6.83. The molecule has 132 valence electrons. The Morgan fingerprint density at radius 2 is 1.92 bits per heavy atom. The Morgan fingerprint density at radius 3 is 2.68 bits per heavy atom. The number of anilines is 1. The van der Waals surface area contributed by atoms with Crippen LogP contribution in [0.25, 0.3) is 0 Å². The van der Waals surface area contributed by atoms with E-state index in [1.165, 1.54) is 56.6 Å². The molecule has 1 aromatic heterocycles. The highest BCUT2D eigenvalue weighted by molar-refractivity contribution is 5.27. The van der Waals surface area contributed by atoms with Crippen molar-refractivity contribution in [3.8, 4) is 0 Å². The second-order valence-electron chi connectivity index (χ2n) is 7.50. The summed E-state index contributed by atoms with van der Waals surface area (Å²) >= 11 is 0. The molecule has 2 aliphatic heterocycles. The van der Waals surface area contributed by atoms with Crippen LogP contribution in [0.2, 0.25) is 0 Å². The minimum absolute atomic E-state index is 0.510. The van der Waals surface area contributed by atoms with Crippen LogP contribution in [0, 0.1) is 5.41 Å². The highest BCUT2D eigenvalue weighted by Gasteiger charge is 2.37. The van der Waals surface area contributed by atoms with Gasteiger partial charge in [0.2, 0.25) is 5.95 Å². The topological polar surface area (TPSA) is 53.1 Å². The van der Waals surface area contributed by atoms with Crippen molar-refractivity contribution < 1.29 is 0 Å². The molecule has 0 unspecified atom stereocenters. The van der Waals surface area contributed by atoms with E-state index in [1.807, 2.05) is 30.6 Å². The quantitative estimate of drug-likeness (QED) is 0.878. The highest BCUT2D eigenvalue weighted by Crippen LogP contribution is 2.35. The van der Waals surface area contributed by atoms with Gasteiger partial charge in [0.05, 0.1) is 0 Å². The first-order valence-corrected chi connectivity index (χ1v) is 9.33. The number of nitrogens with zero attached hydrogens (tertiary/aromatic N) is 3. The van der Waals surface area contributed by atoms with Crippen molar-refractivity contribution >= 4 is 5.95 Å². The van der Waals surface area contributed by atoms with E-state index in [1.54, 1.807) is 0 Å². The Morgan fingerprint density at radius 1 is 1.08 bits per heavy atom. The highest BCUT2D eigenvalue weighted by atomic mass is 15.2. The zero-order chi connectivity index (χ0) is 17.0. The summed E-state index contributed by atoms with van der Waals surface area (Å²) in [4.78, 5) is 11.5. The van der Waals surface area contributed by atoms with E-state index in [0.717, 1.165) is 13.1 Å². The van der Waals surface area contributed by atoms with Gasteiger partial charge in [-0.3, -0.25) is 4.90 Å². The van der Waals surface area contributed by atoms with Gasteiger partial charge in [0.15, 0.2) is 0 Å². The Labute approximate surface area is 149 Å². The number of hydrogen-bond acceptors (Lipinski definition) is 5. The lowest BCUT2D eigenvalue weighted by molar-refractivity contribution is 0.0976. The number of nitrogens with one attached hydrogen (secondary N) is 2. The van der Waals surface area contributed by atoms with Gasteiger partial charge in [-0.15, -0.1) is 0 Å². The smallest absolute Gasteiger partial charge is 0.222 e. The number of likely N-dealkylation sites (tertiary alicyclic amines) is 1. The molecule has 0 bridgehead atoms. The molecule has 0 amide bonds. The van der Waals surface area contributed by atoms with E-state index < -0.39 is 0 Å². The second-order valence-corrected chi connectivity index (χ2v) is 7.50. The van der Waals surface area contributed by atoms with Crippen LogP contribution in [-0.4, -0.2) is 41.0 Å². The van der Waals surface area contributed by atoms with E-state index in [4.69, 9.17) is 0 Å². The third-order valence-electron chi connectivity index (χ3n) is 5.48. The first-order valence-electron chi connectivity index (χ1n) is 9.33. The molecular formula is C20H27N5. The molecule has 1 aromatic carbocycles. The van der Waals surface area contributed by atoms with E-state index in [9.17, 15) is 0 Å². The molecule has 25 heavy (non-hydrogen) atoms. The van der Waals surface area contributed by atoms with E-state index in [-0.39, 0.29) is 0 Å². The van der Waals surface area contributed by atoms with Crippen LogP contribution in [0.5, 0.6) is 0 Å². The van der Waals surface area contributed by atoms with Crippen molar-refractivity contribution in [2.24, 2.45) is 5.41 Å². The molecule has 0 radical (unpaired) electrons. The predicted octanol–water partition coefficient (Wildman–Crippen LogP) is 2.66. The monoisotopic (exact) mass is 337 g/mol. The van der Waals surface area contributed by atoms with Crippen molar-refractivity contribution in [2.45, 2.75) is 32.4 Å². The minimum atomic E-state index is 0.510. The number of benzene rings is 1. The van der Waals surface area contributed by atoms with Gasteiger partial charge >= 0.3 is 0 Å². The molecule has 2 aromatic rings. The number of hydrogen-bond donors (Lipinski definition) is 2. The van der Waals surface area contributed by atoms with Crippen molar-refractivity contribution in [3.05, 3.63) is 53.9 Å². The van der Waals surface area contributed by atoms with Crippen molar-refractivity contribution in [1.82, 2.24) is 20.2 Å². The fraction of sp³-hybridized carbons (Fsp3) is 0.500. The second kappa shape index (κ2) is 7.50. The standard InChI is InChI=1S/C20H27N5/c1-2-5-17(6-3-1)11-22-19-23-12-18(13-24-19)14-25-10-4-7-20(16-25)8-9-21-15-20/h1-3,5-6,12-13,21H,4,7-11,14-16H2,(H,22,23,24)/t20-/m1/s1. The summed E-state index contributed by atoms with van der Waals surface area (Å²) in [7, 11) is 0. The van der Waals surface area contributed by atoms with Gasteiger partial charge in [-0.05, 0) is 43.3 Å². The van der Waals surface area contributed by atoms with E-state index in [2.05, 4.69) is 37.6 Å². The van der Waals surface area contributed by atoms with Crippen LogP contribution in [0.15, 0.2) is 42.7 Å². The molecule has 3 heterocycles. The molecule has 5 heteroatoms. The Bertz CT molecular complexity index is 664.